The number of rotatable bonds is 2. The summed E-state index contributed by atoms with van der Waals surface area (Å²) >= 11 is 7.87. The van der Waals surface area contributed by atoms with Crippen molar-refractivity contribution >= 4 is 34.9 Å². The minimum absolute atomic E-state index is 0.127. The van der Waals surface area contributed by atoms with Crippen LogP contribution in [0.1, 0.15) is 5.56 Å². The van der Waals surface area contributed by atoms with Crippen molar-refractivity contribution in [3.63, 3.8) is 0 Å². The van der Waals surface area contributed by atoms with E-state index in [1.165, 1.54) is 6.07 Å². The van der Waals surface area contributed by atoms with Gasteiger partial charge in [0.15, 0.2) is 16.8 Å². The zero-order chi connectivity index (χ0) is 12.4. The Balaban J connectivity index is 2.32. The van der Waals surface area contributed by atoms with Gasteiger partial charge in [0.2, 0.25) is 0 Å². The Kier molecular flexibility index (Phi) is 3.62. The van der Waals surface area contributed by atoms with Crippen molar-refractivity contribution in [2.24, 2.45) is 0 Å². The van der Waals surface area contributed by atoms with Crippen LogP contribution in [0.3, 0.4) is 0 Å². The fourth-order valence-corrected chi connectivity index (χ4v) is 3.21. The van der Waals surface area contributed by atoms with E-state index in [4.69, 9.17) is 16.9 Å². The van der Waals surface area contributed by atoms with Crippen LogP contribution in [-0.4, -0.2) is 4.37 Å². The molecule has 0 atom stereocenters. The number of nitriles is 1. The molecule has 0 amide bonds. The largest absolute Gasteiger partial charge is 0.204 e. The van der Waals surface area contributed by atoms with Gasteiger partial charge in [0, 0.05) is 4.90 Å². The molecule has 0 radical (unpaired) electrons. The number of hydrogen-bond donors (Lipinski definition) is 0. The lowest BCUT2D eigenvalue weighted by atomic mass is 10.3. The van der Waals surface area contributed by atoms with Crippen LogP contribution >= 0.6 is 34.9 Å². The fraction of sp³-hybridized carbons (Fsp3) is 0. The molecule has 0 saturated carbocycles. The van der Waals surface area contributed by atoms with Gasteiger partial charge in [-0.25, -0.2) is 8.78 Å². The average molecular weight is 289 g/mol. The number of nitrogens with zero attached hydrogens (tertiary/aromatic N) is 2. The summed E-state index contributed by atoms with van der Waals surface area (Å²) in [6, 6.07) is 5.44. The van der Waals surface area contributed by atoms with Gasteiger partial charge in [-0.3, -0.25) is 0 Å². The normalized spacial score (nSPS) is 10.2. The molecule has 1 heterocycles. The van der Waals surface area contributed by atoms with Gasteiger partial charge in [0.1, 0.15) is 15.8 Å². The highest BCUT2D eigenvalue weighted by Gasteiger charge is 2.13. The summed E-state index contributed by atoms with van der Waals surface area (Å²) in [7, 11) is 0. The maximum absolute atomic E-state index is 13.0. The standard InChI is InChI=1S/C10H3ClF2N2S2/c11-9-6(4-14)10(17-15-9)16-5-1-2-7(12)8(13)3-5/h1-3H. The lowest BCUT2D eigenvalue weighted by molar-refractivity contribution is 0.506. The molecule has 0 saturated heterocycles. The van der Waals surface area contributed by atoms with Crippen molar-refractivity contribution in [3.8, 4) is 6.07 Å². The third-order valence-corrected chi connectivity index (χ3v) is 4.20. The number of aromatic nitrogens is 1. The van der Waals surface area contributed by atoms with Crippen LogP contribution in [0.4, 0.5) is 8.78 Å². The summed E-state index contributed by atoms with van der Waals surface area (Å²) < 4.78 is 30.1. The zero-order valence-corrected chi connectivity index (χ0v) is 10.5. The second-order valence-corrected chi connectivity index (χ2v) is 5.40. The van der Waals surface area contributed by atoms with E-state index in [1.54, 1.807) is 0 Å². The molecule has 0 aliphatic carbocycles. The maximum Gasteiger partial charge on any atom is 0.161 e. The van der Waals surface area contributed by atoms with Crippen molar-refractivity contribution in [1.29, 1.82) is 5.26 Å². The third-order valence-electron chi connectivity index (χ3n) is 1.83. The van der Waals surface area contributed by atoms with Crippen molar-refractivity contribution in [3.05, 3.63) is 40.6 Å². The molecule has 2 aromatic rings. The second kappa shape index (κ2) is 5.00. The first-order valence-electron chi connectivity index (χ1n) is 4.30. The third kappa shape index (κ3) is 2.57. The predicted octanol–water partition coefficient (Wildman–Crippen LogP) is 4.10. The van der Waals surface area contributed by atoms with Crippen LogP contribution in [-0.2, 0) is 0 Å². The van der Waals surface area contributed by atoms with E-state index in [2.05, 4.69) is 4.37 Å². The summed E-state index contributed by atoms with van der Waals surface area (Å²) in [4.78, 5) is 0.487. The smallest absolute Gasteiger partial charge is 0.161 e. The van der Waals surface area contributed by atoms with Gasteiger partial charge in [0.05, 0.1) is 0 Å². The quantitative estimate of drug-likeness (QED) is 0.835. The van der Waals surface area contributed by atoms with Gasteiger partial charge < -0.3 is 0 Å². The van der Waals surface area contributed by atoms with Crippen LogP contribution in [0, 0.1) is 23.0 Å². The Morgan fingerprint density at radius 3 is 2.76 bits per heavy atom. The highest BCUT2D eigenvalue weighted by Crippen LogP contribution is 2.36. The van der Waals surface area contributed by atoms with Crippen molar-refractivity contribution < 1.29 is 8.78 Å². The van der Waals surface area contributed by atoms with Crippen molar-refractivity contribution in [2.45, 2.75) is 9.10 Å². The van der Waals surface area contributed by atoms with Crippen LogP contribution in [0.5, 0.6) is 0 Å². The van der Waals surface area contributed by atoms with Gasteiger partial charge >= 0.3 is 0 Å². The maximum atomic E-state index is 13.0. The molecule has 0 unspecified atom stereocenters. The molecule has 86 valence electrons. The Bertz CT molecular complexity index is 607. The minimum Gasteiger partial charge on any atom is -0.204 e. The van der Waals surface area contributed by atoms with Gasteiger partial charge in [0.25, 0.3) is 0 Å². The van der Waals surface area contributed by atoms with Crippen LogP contribution < -0.4 is 0 Å². The molecule has 0 bridgehead atoms. The monoisotopic (exact) mass is 288 g/mol. The molecule has 0 spiro atoms. The Hall–Kier alpha value is -1.16. The summed E-state index contributed by atoms with van der Waals surface area (Å²) in [5.74, 6) is -1.83. The van der Waals surface area contributed by atoms with Gasteiger partial charge in [-0.2, -0.15) is 9.64 Å². The molecule has 1 aromatic heterocycles. The van der Waals surface area contributed by atoms with E-state index >= 15 is 0 Å². The molecule has 1 aromatic carbocycles. The molecule has 0 N–H and O–H groups in total. The number of hydrogen-bond acceptors (Lipinski definition) is 4. The first kappa shape index (κ1) is 12.3. The van der Waals surface area contributed by atoms with E-state index in [-0.39, 0.29) is 10.7 Å². The average Bonchev–Trinajstić information content (AvgIpc) is 2.64. The molecule has 0 aliphatic heterocycles. The minimum atomic E-state index is -0.927. The first-order chi connectivity index (χ1) is 8.11. The summed E-state index contributed by atoms with van der Waals surface area (Å²) in [5.41, 5.74) is 0.256. The van der Waals surface area contributed by atoms with Crippen LogP contribution in [0.15, 0.2) is 27.3 Å². The van der Waals surface area contributed by atoms with Gasteiger partial charge in [-0.1, -0.05) is 23.4 Å². The van der Waals surface area contributed by atoms with Crippen molar-refractivity contribution in [1.82, 2.24) is 4.37 Å². The van der Waals surface area contributed by atoms with E-state index in [0.717, 1.165) is 35.4 Å². The zero-order valence-electron chi connectivity index (χ0n) is 8.08. The summed E-state index contributed by atoms with van der Waals surface area (Å²) in [6.07, 6.45) is 0. The molecule has 7 heteroatoms. The van der Waals surface area contributed by atoms with Crippen LogP contribution in [0.2, 0.25) is 5.15 Å². The summed E-state index contributed by atoms with van der Waals surface area (Å²) in [5, 5.41) is 8.98. The fourth-order valence-electron chi connectivity index (χ4n) is 1.07. The molecule has 2 rings (SSSR count). The predicted molar refractivity (Wildman–Crippen MR) is 62.3 cm³/mol. The van der Waals surface area contributed by atoms with Gasteiger partial charge in [-0.05, 0) is 29.7 Å². The molecular weight excluding hydrogens is 286 g/mol. The Morgan fingerprint density at radius 2 is 2.12 bits per heavy atom. The highest BCUT2D eigenvalue weighted by atomic mass is 35.5. The molecule has 0 aliphatic rings. The second-order valence-electron chi connectivity index (χ2n) is 2.93. The van der Waals surface area contributed by atoms with E-state index in [1.807, 2.05) is 6.07 Å². The highest BCUT2D eigenvalue weighted by molar-refractivity contribution is 8.01. The van der Waals surface area contributed by atoms with E-state index in [9.17, 15) is 8.78 Å². The lowest BCUT2D eigenvalue weighted by Crippen LogP contribution is -1.83. The Morgan fingerprint density at radius 1 is 1.35 bits per heavy atom. The van der Waals surface area contributed by atoms with Crippen molar-refractivity contribution in [2.75, 3.05) is 0 Å². The summed E-state index contributed by atoms with van der Waals surface area (Å²) in [6.45, 7) is 0. The number of benzene rings is 1. The molecular formula is C10H3ClF2N2S2. The number of halogens is 3. The SMILES string of the molecule is N#Cc1c(Cl)nsc1Sc1ccc(F)c(F)c1. The van der Waals surface area contributed by atoms with E-state index < -0.39 is 11.6 Å². The molecule has 17 heavy (non-hydrogen) atoms. The van der Waals surface area contributed by atoms with Gasteiger partial charge in [-0.15, -0.1) is 0 Å². The first-order valence-corrected chi connectivity index (χ1v) is 6.26. The van der Waals surface area contributed by atoms with Crippen LogP contribution in [0.25, 0.3) is 0 Å². The molecule has 2 nitrogen and oxygen atoms in total. The topological polar surface area (TPSA) is 36.7 Å². The van der Waals surface area contributed by atoms with E-state index in [0.29, 0.717) is 9.10 Å². The Labute approximate surface area is 109 Å². The lowest BCUT2D eigenvalue weighted by Gasteiger charge is -1.99. The molecule has 0 fully saturated rings.